The normalized spacial score (nSPS) is 17.8. The molecule has 0 saturated carbocycles. The molecule has 3 N–H and O–H groups in total. The van der Waals surface area contributed by atoms with Gasteiger partial charge in [-0.05, 0) is 22.0 Å². The number of hydrogen-bond acceptors (Lipinski definition) is 8. The lowest BCUT2D eigenvalue weighted by atomic mass is 10.1. The maximum Gasteiger partial charge on any atom is 0.283 e. The predicted molar refractivity (Wildman–Crippen MR) is 110 cm³/mol. The van der Waals surface area contributed by atoms with Crippen LogP contribution in [-0.4, -0.2) is 33.6 Å². The Balaban J connectivity index is 1.70. The summed E-state index contributed by atoms with van der Waals surface area (Å²) in [6.45, 7) is 1.14. The first-order chi connectivity index (χ1) is 14.0. The number of halogens is 1. The van der Waals surface area contributed by atoms with Crippen molar-refractivity contribution in [1.82, 2.24) is 9.55 Å². The van der Waals surface area contributed by atoms with Crippen molar-refractivity contribution in [1.29, 1.82) is 0 Å². The van der Waals surface area contributed by atoms with Gasteiger partial charge in [-0.1, -0.05) is 6.07 Å². The number of nitrogens with zero attached hydrogens (tertiary/aromatic N) is 4. The number of nitro groups is 1. The number of anilines is 1. The summed E-state index contributed by atoms with van der Waals surface area (Å²) in [4.78, 5) is 20.0. The van der Waals surface area contributed by atoms with Crippen molar-refractivity contribution in [3.63, 3.8) is 0 Å². The van der Waals surface area contributed by atoms with Crippen LogP contribution in [0.25, 0.3) is 11.0 Å². The number of hydrogen-bond donors (Lipinski definition) is 2. The Labute approximate surface area is 172 Å². The third-order valence-corrected chi connectivity index (χ3v) is 5.44. The highest BCUT2D eigenvalue weighted by Gasteiger charge is 2.28. The number of aromatic nitrogens is 2. The lowest BCUT2D eigenvalue weighted by Crippen LogP contribution is -2.31. The van der Waals surface area contributed by atoms with E-state index in [1.165, 1.54) is 6.07 Å². The van der Waals surface area contributed by atoms with E-state index in [1.54, 1.807) is 12.1 Å². The number of rotatable bonds is 2. The Morgan fingerprint density at radius 3 is 2.76 bits per heavy atom. The van der Waals surface area contributed by atoms with Gasteiger partial charge in [0, 0.05) is 30.2 Å². The van der Waals surface area contributed by atoms with E-state index in [0.29, 0.717) is 46.2 Å². The molecule has 3 heterocycles. The van der Waals surface area contributed by atoms with Crippen LogP contribution in [-0.2, 0) is 0 Å². The maximum atomic E-state index is 11.4. The van der Waals surface area contributed by atoms with Crippen molar-refractivity contribution < 1.29 is 14.4 Å². The van der Waals surface area contributed by atoms with Crippen molar-refractivity contribution in [2.75, 3.05) is 18.5 Å². The van der Waals surface area contributed by atoms with Crippen molar-refractivity contribution >= 4 is 44.6 Å². The largest absolute Gasteiger partial charge is 0.489 e. The SMILES string of the molecule is NC1=N[C@@H](c2ccc(Br)c([N+](=O)[O-])c2)n2c(nc3cc4c(cc32)OCCCO4)N1. The molecule has 0 unspecified atom stereocenters. The molecule has 0 fully saturated rings. The van der Waals surface area contributed by atoms with Gasteiger partial charge < -0.3 is 15.2 Å². The summed E-state index contributed by atoms with van der Waals surface area (Å²) in [5.41, 5.74) is 7.95. The van der Waals surface area contributed by atoms with Crippen molar-refractivity contribution in [3.05, 3.63) is 50.5 Å². The second kappa shape index (κ2) is 6.62. The second-order valence-electron chi connectivity index (χ2n) is 6.62. The Hall–Kier alpha value is -3.34. The number of imidazole rings is 1. The smallest absolute Gasteiger partial charge is 0.283 e. The maximum absolute atomic E-state index is 11.4. The summed E-state index contributed by atoms with van der Waals surface area (Å²) >= 11 is 3.22. The van der Waals surface area contributed by atoms with E-state index in [4.69, 9.17) is 15.2 Å². The molecule has 2 aromatic carbocycles. The number of nitrogens with one attached hydrogen (secondary N) is 1. The van der Waals surface area contributed by atoms with Gasteiger partial charge in [0.05, 0.1) is 33.6 Å². The molecular weight excluding hydrogens is 444 g/mol. The van der Waals surface area contributed by atoms with E-state index in [1.807, 2.05) is 16.7 Å². The summed E-state index contributed by atoms with van der Waals surface area (Å²) < 4.78 is 13.8. The monoisotopic (exact) mass is 458 g/mol. The van der Waals surface area contributed by atoms with Crippen LogP contribution < -0.4 is 20.5 Å². The fourth-order valence-corrected chi connectivity index (χ4v) is 3.87. The van der Waals surface area contributed by atoms with Gasteiger partial charge in [-0.25, -0.2) is 9.98 Å². The summed E-state index contributed by atoms with van der Waals surface area (Å²) in [5.74, 6) is 1.93. The van der Waals surface area contributed by atoms with Crippen molar-refractivity contribution in [3.8, 4) is 11.5 Å². The molecule has 1 atom stereocenters. The fourth-order valence-electron chi connectivity index (χ4n) is 3.48. The van der Waals surface area contributed by atoms with Gasteiger partial charge in [0.1, 0.15) is 0 Å². The minimum atomic E-state index is -0.618. The molecule has 0 bridgehead atoms. The van der Waals surface area contributed by atoms with E-state index in [9.17, 15) is 10.1 Å². The number of fused-ring (bicyclic) bond motifs is 4. The van der Waals surface area contributed by atoms with Gasteiger partial charge in [-0.3, -0.25) is 20.0 Å². The molecule has 148 valence electrons. The van der Waals surface area contributed by atoms with Crippen LogP contribution in [0.1, 0.15) is 18.2 Å². The molecule has 0 amide bonds. The second-order valence-corrected chi connectivity index (χ2v) is 7.48. The first kappa shape index (κ1) is 17.7. The lowest BCUT2D eigenvalue weighted by molar-refractivity contribution is -0.385. The third-order valence-electron chi connectivity index (χ3n) is 4.77. The Morgan fingerprint density at radius 1 is 1.24 bits per heavy atom. The molecule has 5 rings (SSSR count). The summed E-state index contributed by atoms with van der Waals surface area (Å²) in [6, 6.07) is 8.55. The van der Waals surface area contributed by atoms with Crippen molar-refractivity contribution in [2.45, 2.75) is 12.6 Å². The van der Waals surface area contributed by atoms with Gasteiger partial charge in [0.2, 0.25) is 5.95 Å². The summed E-state index contributed by atoms with van der Waals surface area (Å²) in [6.07, 6.45) is 0.179. The number of nitrogens with two attached hydrogens (primary N) is 1. The topological polar surface area (TPSA) is 130 Å². The molecule has 2 aliphatic heterocycles. The van der Waals surface area contributed by atoms with Gasteiger partial charge in [-0.2, -0.15) is 0 Å². The molecule has 0 saturated heterocycles. The highest BCUT2D eigenvalue weighted by molar-refractivity contribution is 9.10. The molecule has 3 aromatic rings. The number of benzene rings is 2. The first-order valence-electron chi connectivity index (χ1n) is 8.87. The first-order valence-corrected chi connectivity index (χ1v) is 9.66. The van der Waals surface area contributed by atoms with E-state index in [0.717, 1.165) is 11.9 Å². The van der Waals surface area contributed by atoms with Gasteiger partial charge in [0.25, 0.3) is 5.69 Å². The van der Waals surface area contributed by atoms with Crippen LogP contribution in [0, 0.1) is 10.1 Å². The highest BCUT2D eigenvalue weighted by Crippen LogP contribution is 2.40. The number of guanidine groups is 1. The molecule has 1 aromatic heterocycles. The number of aliphatic imine (C=N–C) groups is 1. The third kappa shape index (κ3) is 2.94. The van der Waals surface area contributed by atoms with Crippen molar-refractivity contribution in [2.24, 2.45) is 10.7 Å². The average Bonchev–Trinajstić information content (AvgIpc) is 2.87. The van der Waals surface area contributed by atoms with Gasteiger partial charge in [-0.15, -0.1) is 0 Å². The molecule has 0 aliphatic carbocycles. The van der Waals surface area contributed by atoms with E-state index < -0.39 is 11.1 Å². The molecular formula is C18H15BrN6O4. The van der Waals surface area contributed by atoms with Gasteiger partial charge >= 0.3 is 0 Å². The molecule has 29 heavy (non-hydrogen) atoms. The quantitative estimate of drug-likeness (QED) is 0.445. The predicted octanol–water partition coefficient (Wildman–Crippen LogP) is 3.16. The molecule has 2 aliphatic rings. The zero-order chi connectivity index (χ0) is 20.1. The molecule has 11 heteroatoms. The standard InChI is InChI=1S/C18H15BrN6O4/c19-10-3-2-9(6-12(10)25(26)27)16-22-17(20)23-18-21-11-7-14-15(8-13(11)24(16)18)29-5-1-4-28-14/h2-3,6-8,16H,1,4-5H2,(H3,20,21,22,23)/t16-/m1/s1. The summed E-state index contributed by atoms with van der Waals surface area (Å²) in [7, 11) is 0. The van der Waals surface area contributed by atoms with Crippen LogP contribution in [0.3, 0.4) is 0 Å². The Morgan fingerprint density at radius 2 is 2.00 bits per heavy atom. The zero-order valence-electron chi connectivity index (χ0n) is 15.0. The fraction of sp³-hybridized carbons (Fsp3) is 0.222. The van der Waals surface area contributed by atoms with Crippen LogP contribution in [0.15, 0.2) is 39.8 Å². The lowest BCUT2D eigenvalue weighted by Gasteiger charge is -2.24. The molecule has 10 nitrogen and oxygen atoms in total. The average molecular weight is 459 g/mol. The number of ether oxygens (including phenoxy) is 2. The molecule has 0 radical (unpaired) electrons. The minimum Gasteiger partial charge on any atom is -0.489 e. The van der Waals surface area contributed by atoms with Crippen LogP contribution in [0.2, 0.25) is 0 Å². The molecule has 0 spiro atoms. The van der Waals surface area contributed by atoms with E-state index in [2.05, 4.69) is 31.2 Å². The summed E-state index contributed by atoms with van der Waals surface area (Å²) in [5, 5.41) is 14.3. The zero-order valence-corrected chi connectivity index (χ0v) is 16.5. The number of nitro benzene ring substituents is 1. The van der Waals surface area contributed by atoms with Crippen LogP contribution in [0.4, 0.5) is 11.6 Å². The van der Waals surface area contributed by atoms with E-state index in [-0.39, 0.29) is 11.6 Å². The van der Waals surface area contributed by atoms with Crippen LogP contribution >= 0.6 is 15.9 Å². The Bertz CT molecular complexity index is 1190. The van der Waals surface area contributed by atoms with Crippen LogP contribution in [0.5, 0.6) is 11.5 Å². The van der Waals surface area contributed by atoms with Gasteiger partial charge in [0.15, 0.2) is 23.6 Å². The minimum absolute atomic E-state index is 0.0497. The van der Waals surface area contributed by atoms with E-state index >= 15 is 0 Å². The Kier molecular flexibility index (Phi) is 4.05. The highest BCUT2D eigenvalue weighted by atomic mass is 79.9.